The minimum atomic E-state index is -0.443. The maximum atomic E-state index is 11.1. The van der Waals surface area contributed by atoms with Crippen LogP contribution in [0.15, 0.2) is 42.6 Å². The highest BCUT2D eigenvalue weighted by Gasteiger charge is 2.01. The summed E-state index contributed by atoms with van der Waals surface area (Å²) < 4.78 is 0. The van der Waals surface area contributed by atoms with Crippen molar-refractivity contribution in [3.8, 4) is 6.07 Å². The van der Waals surface area contributed by atoms with E-state index in [1.165, 1.54) is 0 Å². The van der Waals surface area contributed by atoms with E-state index in [4.69, 9.17) is 11.0 Å². The van der Waals surface area contributed by atoms with Crippen LogP contribution in [0.25, 0.3) is 0 Å². The van der Waals surface area contributed by atoms with Crippen molar-refractivity contribution in [2.75, 3.05) is 5.32 Å². The highest BCUT2D eigenvalue weighted by atomic mass is 16.1. The number of benzene rings is 1. The fraction of sp³-hybridized carbons (Fsp3) is 0.0714. The molecule has 0 unspecified atom stereocenters. The molecule has 0 spiro atoms. The minimum Gasteiger partial charge on any atom is -0.380 e. The number of nitriles is 1. The highest BCUT2D eigenvalue weighted by molar-refractivity contribution is 5.92. The second-order valence-electron chi connectivity index (χ2n) is 3.96. The predicted molar refractivity (Wildman–Crippen MR) is 71.2 cm³/mol. The fourth-order valence-corrected chi connectivity index (χ4v) is 1.60. The van der Waals surface area contributed by atoms with Crippen molar-refractivity contribution < 1.29 is 4.79 Å². The number of pyridine rings is 1. The lowest BCUT2D eigenvalue weighted by molar-refractivity contribution is 0.1000. The molecule has 1 amide bonds. The number of carbonyl (C=O) groups is 1. The Bertz CT molecular complexity index is 629. The molecule has 0 saturated heterocycles. The number of amides is 1. The van der Waals surface area contributed by atoms with Gasteiger partial charge in [-0.05, 0) is 29.8 Å². The monoisotopic (exact) mass is 252 g/mol. The highest BCUT2D eigenvalue weighted by Crippen LogP contribution is 2.10. The zero-order chi connectivity index (χ0) is 13.7. The third-order valence-corrected chi connectivity index (χ3v) is 2.59. The third-order valence-electron chi connectivity index (χ3n) is 2.59. The quantitative estimate of drug-likeness (QED) is 0.865. The molecule has 1 aromatic carbocycles. The van der Waals surface area contributed by atoms with Crippen LogP contribution < -0.4 is 11.1 Å². The van der Waals surface area contributed by atoms with Crippen molar-refractivity contribution in [3.63, 3.8) is 0 Å². The number of carbonyl (C=O) groups excluding carboxylic acids is 1. The van der Waals surface area contributed by atoms with E-state index in [2.05, 4.69) is 10.3 Å². The largest absolute Gasteiger partial charge is 0.380 e. The Morgan fingerprint density at radius 2 is 2.21 bits per heavy atom. The van der Waals surface area contributed by atoms with Crippen LogP contribution in [0, 0.1) is 11.3 Å². The van der Waals surface area contributed by atoms with Crippen LogP contribution in [-0.2, 0) is 6.54 Å². The van der Waals surface area contributed by atoms with E-state index in [-0.39, 0.29) is 0 Å². The van der Waals surface area contributed by atoms with E-state index in [1.54, 1.807) is 36.5 Å². The number of hydrogen-bond acceptors (Lipinski definition) is 4. The number of anilines is 1. The van der Waals surface area contributed by atoms with Gasteiger partial charge in [0, 0.05) is 12.1 Å². The number of primary amides is 1. The summed E-state index contributed by atoms with van der Waals surface area (Å²) in [5.74, 6) is -0.443. The lowest BCUT2D eigenvalue weighted by Gasteiger charge is -2.07. The molecule has 5 heteroatoms. The van der Waals surface area contributed by atoms with Crippen LogP contribution in [0.5, 0.6) is 0 Å². The van der Waals surface area contributed by atoms with Gasteiger partial charge in [0.15, 0.2) is 0 Å². The Morgan fingerprint density at radius 1 is 1.37 bits per heavy atom. The first-order valence-corrected chi connectivity index (χ1v) is 5.68. The molecule has 3 N–H and O–H groups in total. The zero-order valence-electron chi connectivity index (χ0n) is 10.1. The Labute approximate surface area is 110 Å². The Kier molecular flexibility index (Phi) is 3.74. The second-order valence-corrected chi connectivity index (χ2v) is 3.96. The lowest BCUT2D eigenvalue weighted by atomic mass is 10.1. The number of hydrogen-bond donors (Lipinski definition) is 2. The van der Waals surface area contributed by atoms with E-state index in [9.17, 15) is 4.79 Å². The van der Waals surface area contributed by atoms with Gasteiger partial charge in [-0.25, -0.2) is 4.98 Å². The molecule has 2 aromatic rings. The molecule has 19 heavy (non-hydrogen) atoms. The number of rotatable bonds is 4. The van der Waals surface area contributed by atoms with Gasteiger partial charge in [-0.3, -0.25) is 4.79 Å². The molecule has 0 bridgehead atoms. The molecule has 94 valence electrons. The Hall–Kier alpha value is -2.87. The first-order valence-electron chi connectivity index (χ1n) is 5.68. The topological polar surface area (TPSA) is 91.8 Å². The van der Waals surface area contributed by atoms with Crippen molar-refractivity contribution in [2.45, 2.75) is 6.54 Å². The first kappa shape index (κ1) is 12.6. The summed E-state index contributed by atoms with van der Waals surface area (Å²) in [6, 6.07) is 12.5. The van der Waals surface area contributed by atoms with Gasteiger partial charge in [-0.2, -0.15) is 5.26 Å². The molecule has 2 rings (SSSR count). The van der Waals surface area contributed by atoms with Crippen LogP contribution in [0.3, 0.4) is 0 Å². The molecule has 0 fully saturated rings. The number of nitrogens with zero attached hydrogens (tertiary/aromatic N) is 2. The smallest absolute Gasteiger partial charge is 0.248 e. The molecule has 0 atom stereocenters. The van der Waals surface area contributed by atoms with E-state index >= 15 is 0 Å². The van der Waals surface area contributed by atoms with Gasteiger partial charge >= 0.3 is 0 Å². The van der Waals surface area contributed by atoms with Crippen LogP contribution in [0.2, 0.25) is 0 Å². The Morgan fingerprint density at radius 3 is 2.84 bits per heavy atom. The molecule has 1 aromatic heterocycles. The maximum absolute atomic E-state index is 11.1. The maximum Gasteiger partial charge on any atom is 0.248 e. The van der Waals surface area contributed by atoms with Crippen LogP contribution in [0.1, 0.15) is 21.6 Å². The van der Waals surface area contributed by atoms with Gasteiger partial charge in [0.05, 0.1) is 11.9 Å². The molecular formula is C14H12N4O. The minimum absolute atomic E-state index is 0.376. The standard InChI is InChI=1S/C14H12N4O/c15-7-12-4-5-13(9-18-12)17-8-10-2-1-3-11(6-10)14(16)19/h1-6,9,17H,8H2,(H2,16,19). The average Bonchev–Trinajstić information content (AvgIpc) is 2.46. The summed E-state index contributed by atoms with van der Waals surface area (Å²) in [4.78, 5) is 15.0. The molecule has 0 radical (unpaired) electrons. The van der Waals surface area contributed by atoms with E-state index in [1.807, 2.05) is 12.1 Å². The van der Waals surface area contributed by atoms with Crippen LogP contribution in [0.4, 0.5) is 5.69 Å². The molecule has 5 nitrogen and oxygen atoms in total. The molecular weight excluding hydrogens is 240 g/mol. The third kappa shape index (κ3) is 3.30. The van der Waals surface area contributed by atoms with Gasteiger partial charge < -0.3 is 11.1 Å². The zero-order valence-corrected chi connectivity index (χ0v) is 10.1. The van der Waals surface area contributed by atoms with E-state index in [0.29, 0.717) is 17.8 Å². The molecule has 0 aliphatic heterocycles. The Balaban J connectivity index is 2.03. The fourth-order valence-electron chi connectivity index (χ4n) is 1.60. The molecule has 0 aliphatic rings. The van der Waals surface area contributed by atoms with Gasteiger partial charge in [0.2, 0.25) is 5.91 Å². The van der Waals surface area contributed by atoms with Crippen LogP contribution >= 0.6 is 0 Å². The van der Waals surface area contributed by atoms with Crippen molar-refractivity contribution in [1.29, 1.82) is 5.26 Å². The van der Waals surface area contributed by atoms with Gasteiger partial charge in [0.1, 0.15) is 11.8 Å². The van der Waals surface area contributed by atoms with Crippen molar-refractivity contribution in [1.82, 2.24) is 4.98 Å². The van der Waals surface area contributed by atoms with Gasteiger partial charge in [0.25, 0.3) is 0 Å². The van der Waals surface area contributed by atoms with Gasteiger partial charge in [-0.15, -0.1) is 0 Å². The second kappa shape index (κ2) is 5.65. The average molecular weight is 252 g/mol. The molecule has 0 aliphatic carbocycles. The summed E-state index contributed by atoms with van der Waals surface area (Å²) in [5, 5.41) is 11.8. The SMILES string of the molecule is N#Cc1ccc(NCc2cccc(C(N)=O)c2)cn1. The van der Waals surface area contributed by atoms with E-state index in [0.717, 1.165) is 11.3 Å². The summed E-state index contributed by atoms with van der Waals surface area (Å²) in [6.07, 6.45) is 1.59. The number of aromatic nitrogens is 1. The van der Waals surface area contributed by atoms with Crippen LogP contribution in [-0.4, -0.2) is 10.9 Å². The van der Waals surface area contributed by atoms with Gasteiger partial charge in [-0.1, -0.05) is 12.1 Å². The molecule has 0 saturated carbocycles. The molecule has 1 heterocycles. The normalized spacial score (nSPS) is 9.63. The summed E-state index contributed by atoms with van der Waals surface area (Å²) in [6.45, 7) is 0.550. The predicted octanol–water partition coefficient (Wildman–Crippen LogP) is 1.66. The first-order chi connectivity index (χ1) is 9.19. The summed E-state index contributed by atoms with van der Waals surface area (Å²) in [7, 11) is 0. The number of nitrogens with one attached hydrogen (secondary N) is 1. The van der Waals surface area contributed by atoms with E-state index < -0.39 is 5.91 Å². The summed E-state index contributed by atoms with van der Waals surface area (Å²) >= 11 is 0. The van der Waals surface area contributed by atoms with Crippen molar-refractivity contribution in [3.05, 3.63) is 59.4 Å². The van der Waals surface area contributed by atoms with Crippen molar-refractivity contribution >= 4 is 11.6 Å². The van der Waals surface area contributed by atoms with Crippen molar-refractivity contribution in [2.24, 2.45) is 5.73 Å². The number of nitrogens with two attached hydrogens (primary N) is 1. The lowest BCUT2D eigenvalue weighted by Crippen LogP contribution is -2.11. The summed E-state index contributed by atoms with van der Waals surface area (Å²) in [5.41, 5.74) is 7.84.